The summed E-state index contributed by atoms with van der Waals surface area (Å²) in [5, 5.41) is 0.496. The number of Topliss-reactive ketones (excluding diaryl/α,β-unsaturated/α-hetero) is 1. The zero-order chi connectivity index (χ0) is 12.9. The Morgan fingerprint density at radius 1 is 1.33 bits per heavy atom. The van der Waals surface area contributed by atoms with Crippen LogP contribution in [0.5, 0.6) is 11.6 Å². The fraction of sp³-hybridized carbons (Fsp3) is 0.231. The van der Waals surface area contributed by atoms with Crippen molar-refractivity contribution in [1.29, 1.82) is 0 Å². The van der Waals surface area contributed by atoms with Gasteiger partial charge in [-0.2, -0.15) is 0 Å². The Bertz CT molecular complexity index is 730. The lowest BCUT2D eigenvalue weighted by molar-refractivity contribution is 0.0959. The Morgan fingerprint density at radius 2 is 2.11 bits per heavy atom. The number of aryl methyl sites for hydroxylation is 1. The molecule has 5 heteroatoms. The van der Waals surface area contributed by atoms with E-state index in [0.29, 0.717) is 22.5 Å². The smallest absolute Gasteiger partial charge is 0.209 e. The van der Waals surface area contributed by atoms with Crippen LogP contribution in [0.4, 0.5) is 0 Å². The molecule has 0 fully saturated rings. The highest BCUT2D eigenvalue weighted by atomic mass is 16.5. The number of hydrogen-bond acceptors (Lipinski definition) is 4. The van der Waals surface area contributed by atoms with Gasteiger partial charge in [0.1, 0.15) is 11.3 Å². The fourth-order valence-corrected chi connectivity index (χ4v) is 2.24. The molecule has 1 aromatic heterocycles. The molecule has 0 unspecified atom stereocenters. The second kappa shape index (κ2) is 3.60. The van der Waals surface area contributed by atoms with Crippen LogP contribution >= 0.6 is 0 Å². The van der Waals surface area contributed by atoms with Gasteiger partial charge in [-0.25, -0.2) is 0 Å². The van der Waals surface area contributed by atoms with Crippen LogP contribution in [-0.4, -0.2) is 24.1 Å². The Morgan fingerprint density at radius 3 is 2.83 bits per heavy atom. The molecule has 2 heterocycles. The van der Waals surface area contributed by atoms with E-state index in [1.54, 1.807) is 36.9 Å². The molecule has 2 aromatic rings. The average molecular weight is 245 g/mol. The number of fused-ring (bicyclic) bond motifs is 2. The Kier molecular flexibility index (Phi) is 2.16. The number of benzene rings is 1. The second-order valence-electron chi connectivity index (χ2n) is 4.16. The number of pyridine rings is 1. The Balaban J connectivity index is 2.48. The molecule has 1 aliphatic rings. The summed E-state index contributed by atoms with van der Waals surface area (Å²) < 4.78 is 12.1. The first kappa shape index (κ1) is 10.8. The minimum atomic E-state index is -0.275. The van der Waals surface area contributed by atoms with Gasteiger partial charge in [0, 0.05) is 18.5 Å². The van der Waals surface area contributed by atoms with E-state index in [-0.39, 0.29) is 23.4 Å². The van der Waals surface area contributed by atoms with Crippen molar-refractivity contribution in [3.05, 3.63) is 34.0 Å². The molecule has 18 heavy (non-hydrogen) atoms. The number of carbonyl (C=O) groups is 1. The third-order valence-electron chi connectivity index (χ3n) is 3.18. The van der Waals surface area contributed by atoms with E-state index in [1.165, 1.54) is 0 Å². The fourth-order valence-electron chi connectivity index (χ4n) is 2.24. The molecule has 0 saturated carbocycles. The summed E-state index contributed by atoms with van der Waals surface area (Å²) in [4.78, 5) is 23.9. The van der Waals surface area contributed by atoms with Crippen LogP contribution in [0.15, 0.2) is 23.0 Å². The van der Waals surface area contributed by atoms with Gasteiger partial charge in [0.2, 0.25) is 17.1 Å². The summed E-state index contributed by atoms with van der Waals surface area (Å²) in [6.07, 6.45) is 0. The Hall–Kier alpha value is -2.30. The van der Waals surface area contributed by atoms with Crippen LogP contribution in [0.1, 0.15) is 10.4 Å². The van der Waals surface area contributed by atoms with Crippen molar-refractivity contribution >= 4 is 16.7 Å². The molecule has 1 aromatic carbocycles. The van der Waals surface area contributed by atoms with Crippen molar-refractivity contribution in [3.8, 4) is 11.6 Å². The van der Waals surface area contributed by atoms with E-state index in [2.05, 4.69) is 0 Å². The van der Waals surface area contributed by atoms with E-state index in [9.17, 15) is 9.59 Å². The van der Waals surface area contributed by atoms with Crippen molar-refractivity contribution in [2.75, 3.05) is 13.7 Å². The van der Waals surface area contributed by atoms with Gasteiger partial charge in [-0.15, -0.1) is 0 Å². The summed E-state index contributed by atoms with van der Waals surface area (Å²) in [5.74, 6) is 0.732. The molecule has 5 nitrogen and oxygen atoms in total. The number of aromatic nitrogens is 1. The molecule has 0 N–H and O–H groups in total. The maximum Gasteiger partial charge on any atom is 0.209 e. The summed E-state index contributed by atoms with van der Waals surface area (Å²) in [5.41, 5.74) is 0.561. The summed E-state index contributed by atoms with van der Waals surface area (Å²) in [6.45, 7) is -0.0636. The molecule has 0 radical (unpaired) electrons. The molecule has 0 bridgehead atoms. The SMILES string of the molecule is COc1ccc2c(=O)c3c(n(C)c2c1)OCC3=O. The lowest BCUT2D eigenvalue weighted by Gasteiger charge is -2.11. The average Bonchev–Trinajstić information content (AvgIpc) is 2.78. The van der Waals surface area contributed by atoms with Crippen LogP contribution in [0.2, 0.25) is 0 Å². The van der Waals surface area contributed by atoms with E-state index >= 15 is 0 Å². The number of methoxy groups -OCH3 is 1. The topological polar surface area (TPSA) is 57.5 Å². The van der Waals surface area contributed by atoms with Crippen molar-refractivity contribution < 1.29 is 14.3 Å². The van der Waals surface area contributed by atoms with E-state index in [4.69, 9.17) is 9.47 Å². The number of nitrogens with zero attached hydrogens (tertiary/aromatic N) is 1. The van der Waals surface area contributed by atoms with Crippen LogP contribution in [-0.2, 0) is 7.05 Å². The maximum atomic E-state index is 12.2. The van der Waals surface area contributed by atoms with Crippen molar-refractivity contribution in [1.82, 2.24) is 4.57 Å². The quantitative estimate of drug-likeness (QED) is 0.755. The van der Waals surface area contributed by atoms with Crippen molar-refractivity contribution in [3.63, 3.8) is 0 Å². The van der Waals surface area contributed by atoms with Gasteiger partial charge < -0.3 is 14.0 Å². The zero-order valence-corrected chi connectivity index (χ0v) is 10.0. The van der Waals surface area contributed by atoms with Gasteiger partial charge >= 0.3 is 0 Å². The van der Waals surface area contributed by atoms with Gasteiger partial charge in [0.05, 0.1) is 12.6 Å². The lowest BCUT2D eigenvalue weighted by atomic mass is 10.1. The Labute approximate surface area is 103 Å². The first-order valence-corrected chi connectivity index (χ1v) is 5.50. The first-order chi connectivity index (χ1) is 8.63. The molecule has 0 saturated heterocycles. The highest BCUT2D eigenvalue weighted by Gasteiger charge is 2.28. The molecule has 3 rings (SSSR count). The van der Waals surface area contributed by atoms with Gasteiger partial charge in [0.15, 0.2) is 6.61 Å². The standard InChI is InChI=1S/C13H11NO4/c1-14-9-5-7(17-2)3-4-8(9)12(16)11-10(15)6-18-13(11)14/h3-5H,6H2,1-2H3. The van der Waals surface area contributed by atoms with Crippen LogP contribution in [0.3, 0.4) is 0 Å². The second-order valence-corrected chi connectivity index (χ2v) is 4.16. The van der Waals surface area contributed by atoms with Gasteiger partial charge in [-0.05, 0) is 12.1 Å². The lowest BCUT2D eigenvalue weighted by Crippen LogP contribution is -2.15. The monoisotopic (exact) mass is 245 g/mol. The van der Waals surface area contributed by atoms with Crippen LogP contribution < -0.4 is 14.9 Å². The predicted octanol–water partition coefficient (Wildman–Crippen LogP) is 1.12. The predicted molar refractivity (Wildman–Crippen MR) is 65.6 cm³/mol. The third-order valence-corrected chi connectivity index (χ3v) is 3.18. The zero-order valence-electron chi connectivity index (χ0n) is 10.0. The minimum Gasteiger partial charge on any atom is -0.497 e. The maximum absolute atomic E-state index is 12.2. The van der Waals surface area contributed by atoms with Crippen LogP contribution in [0, 0.1) is 0 Å². The highest BCUT2D eigenvalue weighted by molar-refractivity contribution is 6.04. The molecule has 1 aliphatic heterocycles. The van der Waals surface area contributed by atoms with Gasteiger partial charge in [-0.1, -0.05) is 0 Å². The molecule has 0 atom stereocenters. The molecule has 0 spiro atoms. The number of hydrogen-bond donors (Lipinski definition) is 0. The summed E-state index contributed by atoms with van der Waals surface area (Å²) in [7, 11) is 3.32. The number of rotatable bonds is 1. The number of ether oxygens (including phenoxy) is 2. The van der Waals surface area contributed by atoms with Gasteiger partial charge in [0.25, 0.3) is 0 Å². The van der Waals surface area contributed by atoms with E-state index in [0.717, 1.165) is 0 Å². The number of ketones is 1. The summed E-state index contributed by atoms with van der Waals surface area (Å²) >= 11 is 0. The molecule has 92 valence electrons. The van der Waals surface area contributed by atoms with Crippen molar-refractivity contribution in [2.24, 2.45) is 7.05 Å². The third kappa shape index (κ3) is 1.27. The summed E-state index contributed by atoms with van der Waals surface area (Å²) in [6, 6.07) is 5.13. The first-order valence-electron chi connectivity index (χ1n) is 5.50. The van der Waals surface area contributed by atoms with E-state index in [1.807, 2.05) is 0 Å². The largest absolute Gasteiger partial charge is 0.497 e. The molecule has 0 amide bonds. The molecular weight excluding hydrogens is 234 g/mol. The van der Waals surface area contributed by atoms with E-state index < -0.39 is 0 Å². The molecule has 0 aliphatic carbocycles. The highest BCUT2D eigenvalue weighted by Crippen LogP contribution is 2.27. The van der Waals surface area contributed by atoms with Crippen molar-refractivity contribution in [2.45, 2.75) is 0 Å². The molecular formula is C13H11NO4. The van der Waals surface area contributed by atoms with Crippen LogP contribution in [0.25, 0.3) is 10.9 Å². The number of carbonyl (C=O) groups excluding carboxylic acids is 1. The minimum absolute atomic E-state index is 0.0636. The normalized spacial score (nSPS) is 13.6. The van der Waals surface area contributed by atoms with Gasteiger partial charge in [-0.3, -0.25) is 9.59 Å².